The van der Waals surface area contributed by atoms with E-state index in [4.69, 9.17) is 28.9 Å². The van der Waals surface area contributed by atoms with Crippen molar-refractivity contribution < 1.29 is 28.5 Å². The maximum Gasteiger partial charge on any atom is 0.336 e. The summed E-state index contributed by atoms with van der Waals surface area (Å²) in [5.74, 6) is 0.324. The molecule has 2 aliphatic heterocycles. The lowest BCUT2D eigenvalue weighted by molar-refractivity contribution is -0.331. The van der Waals surface area contributed by atoms with Crippen LogP contribution in [0, 0.1) is 6.92 Å². The first-order valence-electron chi connectivity index (χ1n) is 10.4. The Hall–Kier alpha value is -3.40. The Labute approximate surface area is 187 Å². The van der Waals surface area contributed by atoms with E-state index in [1.54, 1.807) is 18.2 Å². The fourth-order valence-electron chi connectivity index (χ4n) is 4.15. The highest BCUT2D eigenvalue weighted by molar-refractivity contribution is 5.81. The summed E-state index contributed by atoms with van der Waals surface area (Å²) in [4.78, 5) is 14.6. The maximum absolute atomic E-state index is 11.7. The first-order chi connectivity index (χ1) is 16.0. The van der Waals surface area contributed by atoms with Gasteiger partial charge in [0, 0.05) is 28.0 Å². The van der Waals surface area contributed by atoms with Crippen molar-refractivity contribution in [1.82, 2.24) is 0 Å². The molecule has 5 rings (SSSR count). The Morgan fingerprint density at radius 1 is 1.15 bits per heavy atom. The molecule has 0 radical (unpaired) electrons. The molecular weight excluding hydrogens is 430 g/mol. The molecule has 0 amide bonds. The van der Waals surface area contributed by atoms with Crippen LogP contribution in [0.3, 0.4) is 0 Å². The molecule has 2 fully saturated rings. The number of benzene rings is 2. The molecule has 3 heterocycles. The van der Waals surface area contributed by atoms with Crippen molar-refractivity contribution in [2.75, 3.05) is 6.61 Å². The molecule has 6 unspecified atom stereocenters. The van der Waals surface area contributed by atoms with Crippen molar-refractivity contribution >= 4 is 11.0 Å². The van der Waals surface area contributed by atoms with Crippen molar-refractivity contribution in [2.24, 2.45) is 5.11 Å². The van der Waals surface area contributed by atoms with Gasteiger partial charge in [0.25, 0.3) is 0 Å². The average Bonchev–Trinajstić information content (AvgIpc) is 2.81. The van der Waals surface area contributed by atoms with Gasteiger partial charge in [-0.05, 0) is 30.2 Å². The van der Waals surface area contributed by atoms with Crippen LogP contribution >= 0.6 is 0 Å². The van der Waals surface area contributed by atoms with Gasteiger partial charge in [0.1, 0.15) is 29.6 Å². The van der Waals surface area contributed by atoms with E-state index in [0.29, 0.717) is 11.3 Å². The molecule has 2 saturated heterocycles. The Balaban J connectivity index is 1.39. The molecule has 3 aromatic rings. The highest BCUT2D eigenvalue weighted by Gasteiger charge is 2.50. The summed E-state index contributed by atoms with van der Waals surface area (Å²) < 4.78 is 28.9. The zero-order valence-electron chi connectivity index (χ0n) is 17.6. The van der Waals surface area contributed by atoms with Crippen LogP contribution in [0.25, 0.3) is 21.4 Å². The summed E-state index contributed by atoms with van der Waals surface area (Å²) in [6.45, 7) is 1.96. The minimum Gasteiger partial charge on any atom is -0.464 e. The largest absolute Gasteiger partial charge is 0.464 e. The zero-order valence-corrected chi connectivity index (χ0v) is 17.6. The van der Waals surface area contributed by atoms with Crippen molar-refractivity contribution in [1.29, 1.82) is 0 Å². The molecular formula is C23H21N3O7. The molecule has 6 atom stereocenters. The molecule has 0 aliphatic carbocycles. The number of hydrogen-bond acceptors (Lipinski definition) is 8. The number of aliphatic hydroxyl groups excluding tert-OH is 1. The van der Waals surface area contributed by atoms with E-state index in [1.165, 1.54) is 6.07 Å². The normalized spacial score (nSPS) is 29.2. The Morgan fingerprint density at radius 3 is 2.76 bits per heavy atom. The first kappa shape index (κ1) is 21.4. The van der Waals surface area contributed by atoms with Gasteiger partial charge >= 0.3 is 5.63 Å². The van der Waals surface area contributed by atoms with E-state index in [2.05, 4.69) is 10.0 Å². The van der Waals surface area contributed by atoms with Crippen molar-refractivity contribution in [2.45, 2.75) is 43.9 Å². The number of rotatable bonds is 4. The number of aliphatic hydroxyl groups is 1. The highest BCUT2D eigenvalue weighted by Crippen LogP contribution is 2.36. The van der Waals surface area contributed by atoms with E-state index in [0.717, 1.165) is 16.5 Å². The number of hydrogen-bond donors (Lipinski definition) is 1. The molecule has 1 N–H and O–H groups in total. The van der Waals surface area contributed by atoms with Crippen LogP contribution in [0.4, 0.5) is 0 Å². The number of fused-ring (bicyclic) bond motifs is 2. The van der Waals surface area contributed by atoms with Gasteiger partial charge in [-0.25, -0.2) is 4.79 Å². The summed E-state index contributed by atoms with van der Waals surface area (Å²) in [7, 11) is 0. The van der Waals surface area contributed by atoms with Gasteiger partial charge in [0.05, 0.1) is 12.7 Å². The van der Waals surface area contributed by atoms with Crippen LogP contribution in [-0.4, -0.2) is 42.4 Å². The lowest BCUT2D eigenvalue weighted by Gasteiger charge is -2.46. The van der Waals surface area contributed by atoms with Crippen molar-refractivity contribution in [3.8, 4) is 5.75 Å². The summed E-state index contributed by atoms with van der Waals surface area (Å²) >= 11 is 0. The average molecular weight is 451 g/mol. The minimum atomic E-state index is -1.19. The van der Waals surface area contributed by atoms with Crippen LogP contribution in [0.1, 0.15) is 17.4 Å². The fourth-order valence-corrected chi connectivity index (χ4v) is 4.15. The standard InChI is InChI=1S/C23H21N3O7/c1-12-9-18(27)31-16-10-14(7-8-15(12)16)30-23-19(25-26-24)20(28)21-17(32-23)11-29-22(33-21)13-5-3-2-4-6-13/h2-10,17,19-23,28H,11H2,1H3. The second-order valence-electron chi connectivity index (χ2n) is 7.93. The zero-order chi connectivity index (χ0) is 22.9. The molecule has 2 aromatic carbocycles. The number of aryl methyl sites for hydroxylation is 1. The third kappa shape index (κ3) is 4.18. The smallest absolute Gasteiger partial charge is 0.336 e. The predicted octanol–water partition coefficient (Wildman–Crippen LogP) is 3.36. The Bertz CT molecular complexity index is 1260. The van der Waals surface area contributed by atoms with Crippen molar-refractivity contribution in [3.05, 3.63) is 86.6 Å². The minimum absolute atomic E-state index is 0.149. The molecule has 170 valence electrons. The second kappa shape index (κ2) is 8.86. The van der Waals surface area contributed by atoms with Gasteiger partial charge in [-0.1, -0.05) is 35.4 Å². The van der Waals surface area contributed by atoms with Gasteiger partial charge in [0.15, 0.2) is 6.29 Å². The lowest BCUT2D eigenvalue weighted by atomic mass is 9.96. The highest BCUT2D eigenvalue weighted by atomic mass is 16.7. The van der Waals surface area contributed by atoms with Crippen LogP contribution in [-0.2, 0) is 14.2 Å². The van der Waals surface area contributed by atoms with Crippen LogP contribution < -0.4 is 10.4 Å². The molecule has 33 heavy (non-hydrogen) atoms. The van der Waals surface area contributed by atoms with E-state index < -0.39 is 42.6 Å². The van der Waals surface area contributed by atoms with Gasteiger partial charge in [0.2, 0.25) is 6.29 Å². The molecule has 0 bridgehead atoms. The Morgan fingerprint density at radius 2 is 1.97 bits per heavy atom. The lowest BCUT2D eigenvalue weighted by Crippen LogP contribution is -2.62. The van der Waals surface area contributed by atoms with Crippen LogP contribution in [0.5, 0.6) is 5.75 Å². The third-order valence-corrected chi connectivity index (χ3v) is 5.77. The van der Waals surface area contributed by atoms with Gasteiger partial charge in [-0.2, -0.15) is 0 Å². The molecule has 0 saturated carbocycles. The molecule has 1 aromatic heterocycles. The van der Waals surface area contributed by atoms with Crippen molar-refractivity contribution in [3.63, 3.8) is 0 Å². The molecule has 2 aliphatic rings. The van der Waals surface area contributed by atoms with Gasteiger partial charge in [-0.3, -0.25) is 0 Å². The third-order valence-electron chi connectivity index (χ3n) is 5.77. The van der Waals surface area contributed by atoms with E-state index >= 15 is 0 Å². The summed E-state index contributed by atoms with van der Waals surface area (Å²) in [5, 5.41) is 15.5. The fraction of sp³-hybridized carbons (Fsp3) is 0.348. The Kier molecular flexibility index (Phi) is 5.76. The van der Waals surface area contributed by atoms with Crippen LogP contribution in [0.2, 0.25) is 0 Å². The monoisotopic (exact) mass is 451 g/mol. The number of nitrogens with zero attached hydrogens (tertiary/aromatic N) is 3. The summed E-state index contributed by atoms with van der Waals surface area (Å²) in [5.41, 5.74) is 10.5. The number of azide groups is 1. The van der Waals surface area contributed by atoms with Gasteiger partial charge < -0.3 is 28.5 Å². The quantitative estimate of drug-likeness (QED) is 0.278. The SMILES string of the molecule is Cc1cc(=O)oc2cc(OC3OC4COC(c5ccccc5)OC4C(O)C3N=[N+]=[N-])ccc12. The molecule has 10 heteroatoms. The summed E-state index contributed by atoms with van der Waals surface area (Å²) in [6.07, 6.45) is -4.40. The predicted molar refractivity (Wildman–Crippen MR) is 115 cm³/mol. The maximum atomic E-state index is 11.7. The topological polar surface area (TPSA) is 136 Å². The molecule has 0 spiro atoms. The first-order valence-corrected chi connectivity index (χ1v) is 10.4. The van der Waals surface area contributed by atoms with Crippen LogP contribution in [0.15, 0.2) is 68.9 Å². The van der Waals surface area contributed by atoms with E-state index in [9.17, 15) is 9.90 Å². The molecule has 10 nitrogen and oxygen atoms in total. The second-order valence-corrected chi connectivity index (χ2v) is 7.93. The summed E-state index contributed by atoms with van der Waals surface area (Å²) in [6, 6.07) is 14.6. The van der Waals surface area contributed by atoms with E-state index in [1.807, 2.05) is 37.3 Å². The number of ether oxygens (including phenoxy) is 4. The van der Waals surface area contributed by atoms with E-state index in [-0.39, 0.29) is 6.61 Å². The van der Waals surface area contributed by atoms with Gasteiger partial charge in [-0.15, -0.1) is 0 Å².